The minimum absolute atomic E-state index is 0. The average Bonchev–Trinajstić information content (AvgIpc) is 2.56. The maximum absolute atomic E-state index is 11.1. The molecule has 0 amide bonds. The largest absolute Gasteiger partial charge is 1.00 e. The smallest absolute Gasteiger partial charge is 0.550 e. The Morgan fingerprint density at radius 3 is 1.81 bits per heavy atom. The van der Waals surface area contributed by atoms with Gasteiger partial charge in [0, 0.05) is 11.9 Å². The van der Waals surface area contributed by atoms with E-state index >= 15 is 0 Å². The molecule has 0 radical (unpaired) electrons. The third-order valence-electron chi connectivity index (χ3n) is 4.87. The number of hydrogen-bond donors (Lipinski definition) is 1. The van der Waals surface area contributed by atoms with Crippen LogP contribution in [-0.2, 0) is 14.9 Å². The van der Waals surface area contributed by atoms with Crippen LogP contribution >= 0.6 is 0 Å². The summed E-state index contributed by atoms with van der Waals surface area (Å²) in [7, 11) is -4.35. The van der Waals surface area contributed by atoms with Crippen molar-refractivity contribution < 1.29 is 52.4 Å². The summed E-state index contributed by atoms with van der Waals surface area (Å²) in [5.41, 5.74) is 0. The SMILES string of the molecule is CCCCCCCC/C=C\CCCCCCC(C(=O)[O-])C(C)S(=O)(=O)O.[Na+]. The van der Waals surface area contributed by atoms with Crippen LogP contribution in [0.3, 0.4) is 0 Å². The summed E-state index contributed by atoms with van der Waals surface area (Å²) in [6, 6.07) is 0. The summed E-state index contributed by atoms with van der Waals surface area (Å²) in [4.78, 5) is 11.1. The topological polar surface area (TPSA) is 94.5 Å². The fourth-order valence-electron chi connectivity index (χ4n) is 3.01. The van der Waals surface area contributed by atoms with Crippen LogP contribution in [0.5, 0.6) is 0 Å². The van der Waals surface area contributed by atoms with Crippen LogP contribution < -0.4 is 34.7 Å². The number of hydrogen-bond acceptors (Lipinski definition) is 4. The molecule has 27 heavy (non-hydrogen) atoms. The molecule has 5 nitrogen and oxygen atoms in total. The molecule has 0 spiro atoms. The van der Waals surface area contributed by atoms with Crippen LogP contribution in [0.2, 0.25) is 0 Å². The molecule has 0 fully saturated rings. The van der Waals surface area contributed by atoms with Gasteiger partial charge in [0.1, 0.15) is 0 Å². The zero-order valence-electron chi connectivity index (χ0n) is 17.5. The van der Waals surface area contributed by atoms with E-state index in [0.717, 1.165) is 32.1 Å². The molecule has 0 saturated carbocycles. The molecule has 0 bridgehead atoms. The molecule has 2 atom stereocenters. The first-order valence-electron chi connectivity index (χ1n) is 10.1. The molecule has 0 aromatic heterocycles. The van der Waals surface area contributed by atoms with Gasteiger partial charge in [-0.05, 0) is 39.0 Å². The van der Waals surface area contributed by atoms with Crippen LogP contribution in [0.15, 0.2) is 12.2 Å². The monoisotopic (exact) mass is 412 g/mol. The van der Waals surface area contributed by atoms with Crippen LogP contribution in [0, 0.1) is 5.92 Å². The molecular weight excluding hydrogens is 375 g/mol. The predicted octanol–water partition coefficient (Wildman–Crippen LogP) is 1.28. The number of aliphatic carboxylic acids is 1. The van der Waals surface area contributed by atoms with Crippen molar-refractivity contribution >= 4 is 16.1 Å². The molecule has 0 rings (SSSR count). The zero-order valence-corrected chi connectivity index (χ0v) is 20.3. The van der Waals surface area contributed by atoms with E-state index in [2.05, 4.69) is 19.1 Å². The molecule has 0 aliphatic heterocycles. The van der Waals surface area contributed by atoms with E-state index in [1.54, 1.807) is 0 Å². The molecule has 2 unspecified atom stereocenters. The summed E-state index contributed by atoms with van der Waals surface area (Å²) in [5, 5.41) is 9.73. The maximum atomic E-state index is 11.1. The van der Waals surface area contributed by atoms with Gasteiger partial charge in [0.25, 0.3) is 10.1 Å². The Morgan fingerprint density at radius 2 is 1.37 bits per heavy atom. The van der Waals surface area contributed by atoms with Crippen molar-refractivity contribution in [2.75, 3.05) is 0 Å². The summed E-state index contributed by atoms with van der Waals surface area (Å²) in [5.74, 6) is -2.56. The van der Waals surface area contributed by atoms with Crippen molar-refractivity contribution in [2.24, 2.45) is 5.92 Å². The summed E-state index contributed by atoms with van der Waals surface area (Å²) >= 11 is 0. The van der Waals surface area contributed by atoms with E-state index in [9.17, 15) is 18.3 Å². The van der Waals surface area contributed by atoms with E-state index in [4.69, 9.17) is 4.55 Å². The molecule has 1 N–H and O–H groups in total. The minimum Gasteiger partial charge on any atom is -0.550 e. The Balaban J connectivity index is 0. The molecule has 0 heterocycles. The van der Waals surface area contributed by atoms with Gasteiger partial charge < -0.3 is 9.90 Å². The third kappa shape index (κ3) is 16.8. The van der Waals surface area contributed by atoms with Crippen molar-refractivity contribution in [3.63, 3.8) is 0 Å². The van der Waals surface area contributed by atoms with Crippen LogP contribution in [0.25, 0.3) is 0 Å². The van der Waals surface area contributed by atoms with Crippen molar-refractivity contribution in [1.82, 2.24) is 0 Å². The fraction of sp³-hybridized carbons (Fsp3) is 0.850. The Bertz CT molecular complexity index is 491. The number of carbonyl (C=O) groups excluding carboxylic acids is 1. The van der Waals surface area contributed by atoms with E-state index in [0.29, 0.717) is 6.42 Å². The number of carboxylic acid groups (broad SMARTS) is 1. The van der Waals surface area contributed by atoms with E-state index < -0.39 is 27.3 Å². The molecular formula is C20H37NaO5S. The first-order chi connectivity index (χ1) is 12.3. The van der Waals surface area contributed by atoms with Gasteiger partial charge >= 0.3 is 29.6 Å². The van der Waals surface area contributed by atoms with Crippen LogP contribution in [0.4, 0.5) is 0 Å². The van der Waals surface area contributed by atoms with Gasteiger partial charge in [-0.25, -0.2) is 0 Å². The van der Waals surface area contributed by atoms with Gasteiger partial charge in [0.2, 0.25) is 0 Å². The van der Waals surface area contributed by atoms with Crippen LogP contribution in [0.1, 0.15) is 97.3 Å². The first kappa shape index (κ1) is 29.3. The normalized spacial score (nSPS) is 14.0. The van der Waals surface area contributed by atoms with Gasteiger partial charge in [0.15, 0.2) is 0 Å². The van der Waals surface area contributed by atoms with Crippen molar-refractivity contribution in [3.8, 4) is 0 Å². The summed E-state index contributed by atoms with van der Waals surface area (Å²) in [6.45, 7) is 3.44. The number of carbonyl (C=O) groups is 1. The van der Waals surface area contributed by atoms with Gasteiger partial charge in [-0.2, -0.15) is 8.42 Å². The molecule has 0 aromatic rings. The number of carboxylic acids is 1. The van der Waals surface area contributed by atoms with Crippen molar-refractivity contribution in [2.45, 2.75) is 103 Å². The second-order valence-corrected chi connectivity index (χ2v) is 8.94. The van der Waals surface area contributed by atoms with Gasteiger partial charge in [-0.1, -0.05) is 70.4 Å². The Labute approximate surface area is 188 Å². The van der Waals surface area contributed by atoms with Crippen LogP contribution in [-0.4, -0.2) is 24.2 Å². The number of rotatable bonds is 17. The van der Waals surface area contributed by atoms with Crippen molar-refractivity contribution in [3.05, 3.63) is 12.2 Å². The Morgan fingerprint density at radius 1 is 0.926 bits per heavy atom. The fourth-order valence-corrected chi connectivity index (χ4v) is 3.67. The Hall–Kier alpha value is 0.120. The average molecular weight is 413 g/mol. The molecule has 0 aliphatic carbocycles. The standard InChI is InChI=1S/C20H38O5S.Na/c1-3-4-5-6-7-8-9-10-11-12-13-14-15-16-17-19(20(21)22)18(2)26(23,24)25;/h10-11,18-19H,3-9,12-17H2,1-2H3,(H,21,22)(H,23,24,25);/q;+1/p-1/b11-10-;. The van der Waals surface area contributed by atoms with Crippen molar-refractivity contribution in [1.29, 1.82) is 0 Å². The molecule has 0 aliphatic rings. The molecule has 7 heteroatoms. The van der Waals surface area contributed by atoms with Gasteiger partial charge in [0.05, 0.1) is 5.25 Å². The summed E-state index contributed by atoms with van der Waals surface area (Å²) in [6.07, 6.45) is 18.3. The minimum atomic E-state index is -4.35. The third-order valence-corrected chi connectivity index (χ3v) is 6.13. The number of allylic oxidation sites excluding steroid dienone is 2. The maximum Gasteiger partial charge on any atom is 1.00 e. The second-order valence-electron chi connectivity index (χ2n) is 7.17. The molecule has 0 aromatic carbocycles. The predicted molar refractivity (Wildman–Crippen MR) is 104 cm³/mol. The van der Waals surface area contributed by atoms with E-state index in [1.807, 2.05) is 0 Å². The Kier molecular flexibility index (Phi) is 19.7. The van der Waals surface area contributed by atoms with Gasteiger partial charge in [-0.3, -0.25) is 4.55 Å². The molecule has 0 saturated heterocycles. The van der Waals surface area contributed by atoms with Gasteiger partial charge in [-0.15, -0.1) is 0 Å². The first-order valence-corrected chi connectivity index (χ1v) is 11.6. The van der Waals surface area contributed by atoms with E-state index in [1.165, 1.54) is 45.4 Å². The zero-order chi connectivity index (χ0) is 19.8. The number of unbranched alkanes of at least 4 members (excludes halogenated alkanes) is 10. The second kappa shape index (κ2) is 18.2. The molecule has 154 valence electrons. The van der Waals surface area contributed by atoms with E-state index in [-0.39, 0.29) is 36.0 Å². The summed E-state index contributed by atoms with van der Waals surface area (Å²) < 4.78 is 31.2. The quantitative estimate of drug-likeness (QED) is 0.168.